The van der Waals surface area contributed by atoms with E-state index in [1.54, 1.807) is 19.9 Å². The Morgan fingerprint density at radius 1 is 1.03 bits per heavy atom. The Hall–Kier alpha value is -2.58. The molecule has 0 aromatic heterocycles. The number of piperidine rings is 1. The van der Waals surface area contributed by atoms with Gasteiger partial charge in [0.1, 0.15) is 23.1 Å². The van der Waals surface area contributed by atoms with E-state index in [0.29, 0.717) is 37.8 Å². The molecular weight excluding hydrogens is 457 g/mol. The van der Waals surface area contributed by atoms with Crippen LogP contribution in [0.25, 0.3) is 11.1 Å². The molecule has 2 aromatic carbocycles. The molecule has 2 fully saturated rings. The lowest BCUT2D eigenvalue weighted by molar-refractivity contribution is 0.0764. The van der Waals surface area contributed by atoms with Crippen LogP contribution in [-0.2, 0) is 0 Å². The van der Waals surface area contributed by atoms with Gasteiger partial charge in [-0.3, -0.25) is 4.79 Å². The van der Waals surface area contributed by atoms with Gasteiger partial charge in [-0.15, -0.1) is 0 Å². The smallest absolute Gasteiger partial charge is 0.254 e. The molecule has 4 rings (SSSR count). The topological polar surface area (TPSA) is 53.0 Å². The van der Waals surface area contributed by atoms with Crippen LogP contribution >= 0.6 is 0 Å². The van der Waals surface area contributed by atoms with Crippen molar-refractivity contribution >= 4 is 5.91 Å². The van der Waals surface area contributed by atoms with Gasteiger partial charge < -0.3 is 19.6 Å². The molecule has 2 saturated heterocycles. The average Bonchev–Trinajstić information content (AvgIpc) is 3.24. The number of nitrogens with zero attached hydrogens (tertiary/aromatic N) is 2. The predicted octanol–water partition coefficient (Wildman–Crippen LogP) is 4.68. The van der Waals surface area contributed by atoms with Crippen molar-refractivity contribution in [2.24, 2.45) is 5.92 Å². The minimum atomic E-state index is -1.21. The lowest BCUT2D eigenvalue weighted by atomic mass is 9.96. The van der Waals surface area contributed by atoms with E-state index >= 15 is 0 Å². The summed E-state index contributed by atoms with van der Waals surface area (Å²) in [5.74, 6) is -0.959. The Labute approximate surface area is 204 Å². The van der Waals surface area contributed by atoms with Gasteiger partial charge >= 0.3 is 0 Å². The number of rotatable bonds is 7. The molecule has 2 heterocycles. The van der Waals surface area contributed by atoms with E-state index in [4.69, 9.17) is 4.74 Å². The van der Waals surface area contributed by atoms with Crippen molar-refractivity contribution in [3.05, 3.63) is 53.6 Å². The highest BCUT2D eigenvalue weighted by Crippen LogP contribution is 2.30. The molecule has 0 spiro atoms. The molecule has 0 radical (unpaired) electrons. The molecule has 0 bridgehead atoms. The number of benzene rings is 2. The number of carbonyl (C=O) groups excluding carboxylic acids is 1. The van der Waals surface area contributed by atoms with Gasteiger partial charge in [0.15, 0.2) is 0 Å². The fourth-order valence-corrected chi connectivity index (χ4v) is 4.84. The van der Waals surface area contributed by atoms with E-state index < -0.39 is 23.4 Å². The molecule has 8 heteroatoms. The van der Waals surface area contributed by atoms with Crippen molar-refractivity contribution in [1.82, 2.24) is 9.80 Å². The maximum Gasteiger partial charge on any atom is 0.254 e. The number of carbonyl (C=O) groups is 1. The van der Waals surface area contributed by atoms with Crippen LogP contribution in [0, 0.1) is 17.6 Å². The molecule has 35 heavy (non-hydrogen) atoms. The first-order valence-electron chi connectivity index (χ1n) is 12.2. The fourth-order valence-electron chi connectivity index (χ4n) is 4.84. The molecule has 0 saturated carbocycles. The van der Waals surface area contributed by atoms with Crippen LogP contribution in [0.5, 0.6) is 5.75 Å². The molecule has 5 nitrogen and oxygen atoms in total. The van der Waals surface area contributed by atoms with Crippen LogP contribution in [0.1, 0.15) is 43.5 Å². The first-order chi connectivity index (χ1) is 16.6. The van der Waals surface area contributed by atoms with Gasteiger partial charge in [-0.05, 0) is 76.4 Å². The molecule has 2 aliphatic rings. The summed E-state index contributed by atoms with van der Waals surface area (Å²) < 4.78 is 49.3. The van der Waals surface area contributed by atoms with Gasteiger partial charge in [0.05, 0.1) is 12.7 Å². The van der Waals surface area contributed by atoms with Crippen LogP contribution in [-0.4, -0.2) is 71.9 Å². The second-order valence-corrected chi connectivity index (χ2v) is 10.3. The van der Waals surface area contributed by atoms with Gasteiger partial charge in [-0.2, -0.15) is 0 Å². The number of ether oxygens (including phenoxy) is 1. The van der Waals surface area contributed by atoms with Crippen molar-refractivity contribution in [2.75, 3.05) is 39.3 Å². The zero-order valence-corrected chi connectivity index (χ0v) is 20.3. The normalized spacial score (nSPS) is 19.8. The molecule has 0 aliphatic carbocycles. The summed E-state index contributed by atoms with van der Waals surface area (Å²) in [5.41, 5.74) is -0.889. The van der Waals surface area contributed by atoms with Crippen molar-refractivity contribution in [1.29, 1.82) is 0 Å². The summed E-state index contributed by atoms with van der Waals surface area (Å²) >= 11 is 0. The second kappa shape index (κ2) is 10.6. The zero-order chi connectivity index (χ0) is 25.2. The Morgan fingerprint density at radius 3 is 2.26 bits per heavy atom. The highest BCUT2D eigenvalue weighted by molar-refractivity contribution is 5.95. The van der Waals surface area contributed by atoms with Crippen LogP contribution in [0.15, 0.2) is 36.4 Å². The number of likely N-dealkylation sites (tertiary alicyclic amines) is 2. The fraction of sp³-hybridized carbons (Fsp3) is 0.519. The van der Waals surface area contributed by atoms with Crippen LogP contribution in [0.3, 0.4) is 0 Å². The SMILES string of the molecule is CC(C)(F)CN1CCC(COc2ccc(-c3ccc(C(=O)N4CC[C@@H](O)C4)cc3F)c(F)c2)CC1. The van der Waals surface area contributed by atoms with E-state index in [0.717, 1.165) is 32.0 Å². The van der Waals surface area contributed by atoms with Crippen molar-refractivity contribution in [2.45, 2.75) is 44.9 Å². The summed E-state index contributed by atoms with van der Waals surface area (Å²) in [7, 11) is 0. The third-order valence-corrected chi connectivity index (χ3v) is 6.69. The monoisotopic (exact) mass is 490 g/mol. The molecule has 1 N–H and O–H groups in total. The van der Waals surface area contributed by atoms with Crippen molar-refractivity contribution < 1.29 is 27.8 Å². The lowest BCUT2D eigenvalue weighted by Crippen LogP contribution is -2.41. The number of β-amino-alcohol motifs (C(OH)–C–C–N with tert-alkyl or cyclic N) is 1. The minimum absolute atomic E-state index is 0.0650. The van der Waals surface area contributed by atoms with Gasteiger partial charge in [0.2, 0.25) is 0 Å². The molecule has 1 atom stereocenters. The molecule has 2 aromatic rings. The summed E-state index contributed by atoms with van der Waals surface area (Å²) in [5, 5.41) is 9.62. The van der Waals surface area contributed by atoms with Gasteiger partial charge in [0.25, 0.3) is 5.91 Å². The standard InChI is InChI=1S/C27H33F3N2O3/c1-27(2,30)17-31-10-7-18(8-11-31)16-35-21-4-6-23(25(29)14-21)22-5-3-19(13-24(22)28)26(34)32-12-9-20(33)15-32/h3-6,13-14,18,20,33H,7-12,15-17H2,1-2H3/t20-/m1/s1. The highest BCUT2D eigenvalue weighted by atomic mass is 19.1. The minimum Gasteiger partial charge on any atom is -0.493 e. The number of hydrogen-bond acceptors (Lipinski definition) is 4. The van der Waals surface area contributed by atoms with E-state index in [1.165, 1.54) is 29.2 Å². The molecule has 1 amide bonds. The van der Waals surface area contributed by atoms with Crippen LogP contribution in [0.2, 0.25) is 0 Å². The van der Waals surface area contributed by atoms with Crippen molar-refractivity contribution in [3.8, 4) is 16.9 Å². The number of aliphatic hydroxyl groups is 1. The summed E-state index contributed by atoms with van der Waals surface area (Å²) in [4.78, 5) is 16.1. The Bertz CT molecular complexity index is 1050. The van der Waals surface area contributed by atoms with E-state index in [2.05, 4.69) is 4.90 Å². The predicted molar refractivity (Wildman–Crippen MR) is 128 cm³/mol. The van der Waals surface area contributed by atoms with Crippen LogP contribution < -0.4 is 4.74 Å². The maximum absolute atomic E-state index is 14.8. The molecule has 190 valence electrons. The van der Waals surface area contributed by atoms with Gasteiger partial charge in [0, 0.05) is 42.4 Å². The number of alkyl halides is 1. The van der Waals surface area contributed by atoms with Gasteiger partial charge in [-0.1, -0.05) is 6.07 Å². The number of halogens is 3. The first-order valence-corrected chi connectivity index (χ1v) is 12.2. The molecule has 0 unspecified atom stereocenters. The molecular formula is C27H33F3N2O3. The Morgan fingerprint density at radius 2 is 1.69 bits per heavy atom. The number of hydrogen-bond donors (Lipinski definition) is 1. The second-order valence-electron chi connectivity index (χ2n) is 10.3. The maximum atomic E-state index is 14.8. The number of amides is 1. The summed E-state index contributed by atoms with van der Waals surface area (Å²) in [6.07, 6.45) is 1.73. The third kappa shape index (κ3) is 6.55. The van der Waals surface area contributed by atoms with Crippen molar-refractivity contribution in [3.63, 3.8) is 0 Å². The van der Waals surface area contributed by atoms with E-state index in [9.17, 15) is 23.1 Å². The van der Waals surface area contributed by atoms with Gasteiger partial charge in [-0.25, -0.2) is 13.2 Å². The van der Waals surface area contributed by atoms with Crippen LogP contribution in [0.4, 0.5) is 13.2 Å². The zero-order valence-electron chi connectivity index (χ0n) is 20.3. The lowest BCUT2D eigenvalue weighted by Gasteiger charge is -2.34. The third-order valence-electron chi connectivity index (χ3n) is 6.69. The highest BCUT2D eigenvalue weighted by Gasteiger charge is 2.27. The summed E-state index contributed by atoms with van der Waals surface area (Å²) in [6, 6.07) is 8.34. The average molecular weight is 491 g/mol. The largest absolute Gasteiger partial charge is 0.493 e. The van der Waals surface area contributed by atoms with E-state index in [1.807, 2.05) is 0 Å². The Balaban J connectivity index is 1.35. The summed E-state index contributed by atoms with van der Waals surface area (Å²) in [6.45, 7) is 6.31. The quantitative estimate of drug-likeness (QED) is 0.613. The number of aliphatic hydroxyl groups excluding tert-OH is 1. The van der Waals surface area contributed by atoms with E-state index in [-0.39, 0.29) is 29.1 Å². The first kappa shape index (κ1) is 25.5. The Kier molecular flexibility index (Phi) is 7.71. The molecule has 2 aliphatic heterocycles.